The maximum Gasteiger partial charge on any atom is 0.256 e. The minimum atomic E-state index is -0.517. The fraction of sp³-hybridized carbons (Fsp3) is 0.111. The van der Waals surface area contributed by atoms with E-state index in [2.05, 4.69) is 4.98 Å². The number of hydrogen-bond acceptors (Lipinski definition) is 4. The molecule has 2 aromatic rings. The SMILES string of the molecule is CSc1nc2c(C(=O)Cl)cccc2o1. The van der Waals surface area contributed by atoms with Gasteiger partial charge in [0.25, 0.3) is 10.5 Å². The number of carbonyl (C=O) groups is 1. The highest BCUT2D eigenvalue weighted by Crippen LogP contribution is 2.24. The van der Waals surface area contributed by atoms with Crippen LogP contribution in [-0.4, -0.2) is 16.5 Å². The number of halogens is 1. The lowest BCUT2D eigenvalue weighted by molar-refractivity contribution is 0.108. The Hall–Kier alpha value is -1.00. The normalized spacial score (nSPS) is 10.7. The molecule has 0 radical (unpaired) electrons. The second-order valence-corrected chi connectivity index (χ2v) is 3.71. The molecule has 0 fully saturated rings. The molecular weight excluding hydrogens is 222 g/mol. The Labute approximate surface area is 89.4 Å². The summed E-state index contributed by atoms with van der Waals surface area (Å²) in [6, 6.07) is 5.10. The van der Waals surface area contributed by atoms with Gasteiger partial charge in [0.1, 0.15) is 5.52 Å². The largest absolute Gasteiger partial charge is 0.431 e. The quantitative estimate of drug-likeness (QED) is 0.585. The molecule has 0 aliphatic carbocycles. The molecule has 0 amide bonds. The van der Waals surface area contributed by atoms with Gasteiger partial charge >= 0.3 is 0 Å². The maximum absolute atomic E-state index is 11.0. The topological polar surface area (TPSA) is 43.1 Å². The van der Waals surface area contributed by atoms with Crippen molar-refractivity contribution in [2.75, 3.05) is 6.26 Å². The van der Waals surface area contributed by atoms with Gasteiger partial charge in [-0.1, -0.05) is 17.8 Å². The zero-order valence-corrected chi connectivity index (χ0v) is 8.85. The summed E-state index contributed by atoms with van der Waals surface area (Å²) in [5.41, 5.74) is 1.49. The van der Waals surface area contributed by atoms with E-state index in [1.807, 2.05) is 6.26 Å². The highest BCUT2D eigenvalue weighted by Gasteiger charge is 2.12. The van der Waals surface area contributed by atoms with Crippen LogP contribution in [0.5, 0.6) is 0 Å². The summed E-state index contributed by atoms with van der Waals surface area (Å²) in [6.45, 7) is 0. The van der Waals surface area contributed by atoms with Crippen molar-refractivity contribution in [3.63, 3.8) is 0 Å². The van der Waals surface area contributed by atoms with Crippen LogP contribution in [0.4, 0.5) is 0 Å². The molecule has 5 heteroatoms. The molecule has 0 bridgehead atoms. The van der Waals surface area contributed by atoms with Crippen LogP contribution in [0.1, 0.15) is 10.4 Å². The molecule has 1 aromatic heterocycles. The fourth-order valence-corrected chi connectivity index (χ4v) is 1.68. The van der Waals surface area contributed by atoms with Crippen molar-refractivity contribution in [3.8, 4) is 0 Å². The standard InChI is InChI=1S/C9H6ClNO2S/c1-14-9-11-7-5(8(10)12)3-2-4-6(7)13-9/h2-4H,1H3. The summed E-state index contributed by atoms with van der Waals surface area (Å²) < 4.78 is 5.35. The molecule has 72 valence electrons. The lowest BCUT2D eigenvalue weighted by atomic mass is 10.2. The highest BCUT2D eigenvalue weighted by atomic mass is 35.5. The van der Waals surface area contributed by atoms with Gasteiger partial charge < -0.3 is 4.42 Å². The molecule has 1 heterocycles. The zero-order valence-electron chi connectivity index (χ0n) is 7.28. The fourth-order valence-electron chi connectivity index (χ4n) is 1.17. The highest BCUT2D eigenvalue weighted by molar-refractivity contribution is 7.98. The first-order valence-electron chi connectivity index (χ1n) is 3.85. The van der Waals surface area contributed by atoms with E-state index in [1.165, 1.54) is 11.8 Å². The van der Waals surface area contributed by atoms with Crippen LogP contribution in [0.15, 0.2) is 27.8 Å². The average Bonchev–Trinajstić information content (AvgIpc) is 2.59. The van der Waals surface area contributed by atoms with Crippen LogP contribution < -0.4 is 0 Å². The van der Waals surface area contributed by atoms with Gasteiger partial charge in [-0.3, -0.25) is 4.79 Å². The van der Waals surface area contributed by atoms with Crippen LogP contribution in [-0.2, 0) is 0 Å². The lowest BCUT2D eigenvalue weighted by Crippen LogP contribution is -1.89. The number of nitrogens with zero attached hydrogens (tertiary/aromatic N) is 1. The van der Waals surface area contributed by atoms with Gasteiger partial charge in [-0.05, 0) is 30.0 Å². The van der Waals surface area contributed by atoms with Gasteiger partial charge in [0.2, 0.25) is 0 Å². The number of oxazole rings is 1. The van der Waals surface area contributed by atoms with E-state index in [4.69, 9.17) is 16.0 Å². The minimum Gasteiger partial charge on any atom is -0.431 e. The maximum atomic E-state index is 11.0. The number of hydrogen-bond donors (Lipinski definition) is 0. The lowest BCUT2D eigenvalue weighted by Gasteiger charge is -1.91. The molecular formula is C9H6ClNO2S. The zero-order chi connectivity index (χ0) is 10.1. The van der Waals surface area contributed by atoms with Gasteiger partial charge in [-0.25, -0.2) is 4.98 Å². The van der Waals surface area contributed by atoms with E-state index in [1.54, 1.807) is 18.2 Å². The van der Waals surface area contributed by atoms with E-state index < -0.39 is 5.24 Å². The third-order valence-corrected chi connectivity index (χ3v) is 2.51. The predicted octanol–water partition coefficient (Wildman–Crippen LogP) is 2.93. The first-order chi connectivity index (χ1) is 6.72. The van der Waals surface area contributed by atoms with Gasteiger partial charge in [0.15, 0.2) is 5.58 Å². The minimum absolute atomic E-state index is 0.383. The number of rotatable bonds is 2. The van der Waals surface area contributed by atoms with Crippen molar-refractivity contribution < 1.29 is 9.21 Å². The molecule has 14 heavy (non-hydrogen) atoms. The number of fused-ring (bicyclic) bond motifs is 1. The Morgan fingerprint density at radius 1 is 1.57 bits per heavy atom. The molecule has 0 atom stereocenters. The molecule has 0 saturated heterocycles. The van der Waals surface area contributed by atoms with Gasteiger partial charge in [0.05, 0.1) is 5.56 Å². The van der Waals surface area contributed by atoms with Crippen molar-refractivity contribution in [1.82, 2.24) is 4.98 Å². The van der Waals surface area contributed by atoms with Crippen molar-refractivity contribution in [1.29, 1.82) is 0 Å². The van der Waals surface area contributed by atoms with Crippen LogP contribution >= 0.6 is 23.4 Å². The second-order valence-electron chi connectivity index (χ2n) is 2.61. The first-order valence-corrected chi connectivity index (χ1v) is 5.46. The summed E-state index contributed by atoms with van der Waals surface area (Å²) in [5, 5.41) is 0.0157. The number of para-hydroxylation sites is 1. The average molecular weight is 228 g/mol. The first kappa shape index (κ1) is 9.55. The second kappa shape index (κ2) is 3.63. The number of carbonyl (C=O) groups excluding carboxylic acids is 1. The molecule has 0 N–H and O–H groups in total. The van der Waals surface area contributed by atoms with E-state index >= 15 is 0 Å². The van der Waals surface area contributed by atoms with Crippen LogP contribution in [0, 0.1) is 0 Å². The van der Waals surface area contributed by atoms with Crippen molar-refractivity contribution in [2.24, 2.45) is 0 Å². The Morgan fingerprint density at radius 2 is 2.36 bits per heavy atom. The van der Waals surface area contributed by atoms with E-state index in [0.717, 1.165) is 0 Å². The van der Waals surface area contributed by atoms with Crippen molar-refractivity contribution in [2.45, 2.75) is 5.22 Å². The molecule has 1 aromatic carbocycles. The summed E-state index contributed by atoms with van der Waals surface area (Å²) >= 11 is 6.79. The summed E-state index contributed by atoms with van der Waals surface area (Å²) in [6.07, 6.45) is 1.85. The van der Waals surface area contributed by atoms with Crippen LogP contribution in [0.25, 0.3) is 11.1 Å². The van der Waals surface area contributed by atoms with Gasteiger partial charge in [-0.15, -0.1) is 0 Å². The molecule has 3 nitrogen and oxygen atoms in total. The molecule has 0 aliphatic heterocycles. The Morgan fingerprint density at radius 3 is 3.00 bits per heavy atom. The van der Waals surface area contributed by atoms with Crippen LogP contribution in [0.2, 0.25) is 0 Å². The molecule has 0 spiro atoms. The Balaban J connectivity index is 2.73. The van der Waals surface area contributed by atoms with Crippen molar-refractivity contribution >= 4 is 39.7 Å². The van der Waals surface area contributed by atoms with E-state index in [9.17, 15) is 4.79 Å². The third kappa shape index (κ3) is 1.51. The number of thioether (sulfide) groups is 1. The predicted molar refractivity (Wildman–Crippen MR) is 56.0 cm³/mol. The summed E-state index contributed by atoms with van der Waals surface area (Å²) in [5.74, 6) is 0. The molecule has 0 aliphatic rings. The van der Waals surface area contributed by atoms with Crippen molar-refractivity contribution in [3.05, 3.63) is 23.8 Å². The molecule has 0 saturated carbocycles. The summed E-state index contributed by atoms with van der Waals surface area (Å²) in [7, 11) is 0. The number of aromatic nitrogens is 1. The smallest absolute Gasteiger partial charge is 0.256 e. The van der Waals surface area contributed by atoms with Gasteiger partial charge in [-0.2, -0.15) is 0 Å². The Bertz CT molecular complexity index is 495. The molecule has 2 rings (SSSR count). The van der Waals surface area contributed by atoms with E-state index in [0.29, 0.717) is 21.9 Å². The third-order valence-electron chi connectivity index (χ3n) is 1.79. The Kier molecular flexibility index (Phi) is 2.48. The van der Waals surface area contributed by atoms with Crippen LogP contribution in [0.3, 0.4) is 0 Å². The monoisotopic (exact) mass is 227 g/mol. The number of benzene rings is 1. The van der Waals surface area contributed by atoms with E-state index in [-0.39, 0.29) is 0 Å². The summed E-state index contributed by atoms with van der Waals surface area (Å²) in [4.78, 5) is 15.2. The van der Waals surface area contributed by atoms with Gasteiger partial charge in [0, 0.05) is 0 Å². The molecule has 0 unspecified atom stereocenters.